The van der Waals surface area contributed by atoms with Gasteiger partial charge in [0.2, 0.25) is 6.16 Å². The maximum Gasteiger partial charge on any atom is 1.00 e. The van der Waals surface area contributed by atoms with Crippen molar-refractivity contribution in [3.05, 3.63) is 0 Å². The van der Waals surface area contributed by atoms with E-state index in [-0.39, 0.29) is 35.5 Å². The van der Waals surface area contributed by atoms with Gasteiger partial charge >= 0.3 is 35.6 Å². The molecule has 3 amide bonds. The van der Waals surface area contributed by atoms with E-state index in [4.69, 9.17) is 15.0 Å². The van der Waals surface area contributed by atoms with Crippen LogP contribution in [0, 0.1) is 0 Å². The summed E-state index contributed by atoms with van der Waals surface area (Å²) in [6, 6.07) is -0.412. The molecule has 1 saturated heterocycles. The Morgan fingerprint density at radius 3 is 1.86 bits per heavy atom. The summed E-state index contributed by atoms with van der Waals surface area (Å²) in [6.07, 6.45) is -2.08. The Morgan fingerprint density at radius 2 is 1.79 bits per heavy atom. The van der Waals surface area contributed by atoms with Crippen molar-refractivity contribution in [2.24, 2.45) is 0 Å². The topological polar surface area (TPSA) is 119 Å². The van der Waals surface area contributed by atoms with Crippen LogP contribution in [0.4, 0.5) is 9.59 Å². The average Bonchev–Trinajstić information content (AvgIpc) is 2.02. The molecule has 0 aromatic rings. The molecule has 0 unspecified atom stereocenters. The second kappa shape index (κ2) is 5.84. The molecule has 0 saturated carbocycles. The van der Waals surface area contributed by atoms with Gasteiger partial charge in [0, 0.05) is 0 Å². The molecule has 74 valence electrons. The smallest absolute Gasteiger partial charge is 0.565 e. The Kier molecular flexibility index (Phi) is 6.54. The van der Waals surface area contributed by atoms with Crippen LogP contribution in [0.3, 0.4) is 0 Å². The van der Waals surface area contributed by atoms with Crippen molar-refractivity contribution >= 4 is 18.1 Å². The van der Waals surface area contributed by atoms with Crippen molar-refractivity contribution in [2.75, 3.05) is 0 Å². The largest absolute Gasteiger partial charge is 1.00 e. The molecule has 0 aromatic heterocycles. The molecule has 0 radical (unpaired) electrons. The van der Waals surface area contributed by atoms with E-state index < -0.39 is 17.7 Å². The molecule has 0 spiro atoms. The summed E-state index contributed by atoms with van der Waals surface area (Å²) in [4.78, 5) is 29.6. The number of carbonyl (C=O) groups is 3. The summed E-state index contributed by atoms with van der Waals surface area (Å²) in [5.41, 5.74) is -0.725. The quantitative estimate of drug-likeness (QED) is 0.276. The zero-order valence-electron chi connectivity index (χ0n) is 8.08. The van der Waals surface area contributed by atoms with E-state index in [9.17, 15) is 9.59 Å². The Bertz CT molecular complexity index is 249. The maximum absolute atomic E-state index is 10.7. The van der Waals surface area contributed by atoms with Crippen LogP contribution in [0.1, 0.15) is 13.8 Å². The number of hydrogen-bond donors (Lipinski definition) is 3. The van der Waals surface area contributed by atoms with Crippen LogP contribution < -0.4 is 45.3 Å². The number of imide groups is 1. The second-order valence-corrected chi connectivity index (χ2v) is 2.80. The van der Waals surface area contributed by atoms with E-state index in [2.05, 4.69) is 10.6 Å². The number of carboxylic acid groups (broad SMARTS) is 2. The molecule has 0 aromatic carbocycles. The van der Waals surface area contributed by atoms with Crippen LogP contribution in [0.2, 0.25) is 0 Å². The molecular weight excluding hydrogens is 203 g/mol. The fraction of sp³-hybridized carbons (Fsp3) is 0.500. The summed E-state index contributed by atoms with van der Waals surface area (Å²) in [5, 5.41) is 19.9. The van der Waals surface area contributed by atoms with Crippen LogP contribution in [-0.2, 0) is 4.79 Å². The first kappa shape index (κ1) is 15.7. The third-order valence-corrected chi connectivity index (χ3v) is 1.22. The molecule has 1 aliphatic heterocycles. The molecule has 1 rings (SSSR count). The minimum atomic E-state index is -2.08. The predicted molar refractivity (Wildman–Crippen MR) is 38.8 cm³/mol. The molecule has 1 heterocycles. The number of carbonyl (C=O) groups excluding carboxylic acids is 2. The first-order chi connectivity index (χ1) is 5.75. The van der Waals surface area contributed by atoms with Gasteiger partial charge in [-0.3, -0.25) is 10.1 Å². The van der Waals surface area contributed by atoms with Gasteiger partial charge in [-0.2, -0.15) is 0 Å². The van der Waals surface area contributed by atoms with Gasteiger partial charge in [-0.25, -0.2) is 4.79 Å². The van der Waals surface area contributed by atoms with Gasteiger partial charge in [0.25, 0.3) is 5.91 Å². The van der Waals surface area contributed by atoms with Gasteiger partial charge in [-0.15, -0.1) is 0 Å². The fourth-order valence-corrected chi connectivity index (χ4v) is 0.631. The van der Waals surface area contributed by atoms with Gasteiger partial charge in [0.1, 0.15) is 5.54 Å². The van der Waals surface area contributed by atoms with E-state index in [1.54, 1.807) is 13.8 Å². The molecule has 0 aliphatic carbocycles. The third-order valence-electron chi connectivity index (χ3n) is 1.22. The number of rotatable bonds is 0. The zero-order valence-corrected chi connectivity index (χ0v) is 10.1. The number of amides is 3. The van der Waals surface area contributed by atoms with Crippen LogP contribution in [-0.4, -0.2) is 28.7 Å². The van der Waals surface area contributed by atoms with E-state index in [1.165, 1.54) is 0 Å². The SMILES string of the molecule is CC1(C)NC(=O)NC1=O.O=C([O-])O.[Na+]. The van der Waals surface area contributed by atoms with Crippen LogP contribution >= 0.6 is 0 Å². The monoisotopic (exact) mass is 212 g/mol. The second-order valence-electron chi connectivity index (χ2n) is 2.80. The van der Waals surface area contributed by atoms with Crippen molar-refractivity contribution in [3.63, 3.8) is 0 Å². The third kappa shape index (κ3) is 5.79. The Morgan fingerprint density at radius 1 is 1.43 bits per heavy atom. The number of nitrogens with one attached hydrogen (secondary N) is 2. The van der Waals surface area contributed by atoms with Gasteiger partial charge < -0.3 is 20.3 Å². The molecule has 0 atom stereocenters. The molecule has 3 N–H and O–H groups in total. The molecule has 14 heavy (non-hydrogen) atoms. The van der Waals surface area contributed by atoms with Gasteiger partial charge in [-0.1, -0.05) is 0 Å². The van der Waals surface area contributed by atoms with Crippen molar-refractivity contribution in [2.45, 2.75) is 19.4 Å². The predicted octanol–water partition coefficient (Wildman–Crippen LogP) is -4.50. The minimum Gasteiger partial charge on any atom is -0.565 e. The molecular formula is C6H9N2NaO5. The van der Waals surface area contributed by atoms with Crippen molar-refractivity contribution in [1.29, 1.82) is 0 Å². The molecule has 8 heteroatoms. The van der Waals surface area contributed by atoms with E-state index in [1.807, 2.05) is 0 Å². The Hall–Kier alpha value is -0.790. The van der Waals surface area contributed by atoms with Crippen molar-refractivity contribution in [3.8, 4) is 0 Å². The fourth-order valence-electron chi connectivity index (χ4n) is 0.631. The standard InChI is InChI=1S/C5H8N2O2.CH2O3.Na/c1-5(2)3(8)6-4(9)7-5;2-1(3)4;/h1-2H3,(H2,6,7,8,9);(H2,2,3,4);/q;;+1/p-1. The molecule has 1 fully saturated rings. The van der Waals surface area contributed by atoms with E-state index in [0.717, 1.165) is 0 Å². The maximum atomic E-state index is 10.7. The number of hydrogen-bond acceptors (Lipinski definition) is 4. The molecule has 1 aliphatic rings. The van der Waals surface area contributed by atoms with E-state index in [0.29, 0.717) is 0 Å². The normalized spacial score (nSPS) is 16.7. The Balaban J connectivity index is 0. The van der Waals surface area contributed by atoms with E-state index >= 15 is 0 Å². The van der Waals surface area contributed by atoms with Gasteiger partial charge in [0.15, 0.2) is 0 Å². The summed E-state index contributed by atoms with van der Waals surface area (Å²) in [7, 11) is 0. The summed E-state index contributed by atoms with van der Waals surface area (Å²) in [6.45, 7) is 3.29. The van der Waals surface area contributed by atoms with Gasteiger partial charge in [-0.05, 0) is 13.8 Å². The summed E-state index contributed by atoms with van der Waals surface area (Å²) in [5.74, 6) is -0.271. The first-order valence-electron chi connectivity index (χ1n) is 3.29. The van der Waals surface area contributed by atoms with Gasteiger partial charge in [0.05, 0.1) is 0 Å². The Labute approximate surface area is 102 Å². The number of urea groups is 1. The molecule has 7 nitrogen and oxygen atoms in total. The van der Waals surface area contributed by atoms with Crippen LogP contribution in [0.15, 0.2) is 0 Å². The minimum absolute atomic E-state index is 0. The summed E-state index contributed by atoms with van der Waals surface area (Å²) < 4.78 is 0. The van der Waals surface area contributed by atoms with Crippen LogP contribution in [0.5, 0.6) is 0 Å². The van der Waals surface area contributed by atoms with Crippen LogP contribution in [0.25, 0.3) is 0 Å². The zero-order chi connectivity index (χ0) is 10.6. The average molecular weight is 212 g/mol. The molecule has 0 bridgehead atoms. The van der Waals surface area contributed by atoms with Crippen molar-refractivity contribution < 1.29 is 54.2 Å². The first-order valence-corrected chi connectivity index (χ1v) is 3.29. The van der Waals surface area contributed by atoms with Crippen molar-refractivity contribution in [1.82, 2.24) is 10.6 Å². The summed E-state index contributed by atoms with van der Waals surface area (Å²) >= 11 is 0.